The van der Waals surface area contributed by atoms with Crippen LogP contribution in [-0.2, 0) is 14.8 Å². The van der Waals surface area contributed by atoms with Crippen LogP contribution in [0.1, 0.15) is 20.8 Å². The number of sulfonamides is 1. The van der Waals surface area contributed by atoms with E-state index in [1.165, 1.54) is 4.31 Å². The molecule has 19 heavy (non-hydrogen) atoms. The van der Waals surface area contributed by atoms with E-state index in [0.29, 0.717) is 18.0 Å². The van der Waals surface area contributed by atoms with E-state index in [1.54, 1.807) is 18.2 Å². The average Bonchev–Trinajstić information content (AvgIpc) is 2.26. The van der Waals surface area contributed by atoms with Crippen LogP contribution in [0, 0.1) is 0 Å². The molecule has 0 aromatic heterocycles. The highest BCUT2D eigenvalue weighted by molar-refractivity contribution is 9.10. The number of benzene rings is 1. The van der Waals surface area contributed by atoms with E-state index in [0.717, 1.165) is 4.47 Å². The smallest absolute Gasteiger partial charge is 0.243 e. The molecule has 1 unspecified atom stereocenters. The van der Waals surface area contributed by atoms with Crippen molar-refractivity contribution in [3.05, 3.63) is 28.7 Å². The van der Waals surface area contributed by atoms with Gasteiger partial charge in [-0.05, 0) is 39.0 Å². The summed E-state index contributed by atoms with van der Waals surface area (Å²) in [5, 5.41) is 0. The fraction of sp³-hybridized carbons (Fsp3) is 0.538. The molecule has 1 aromatic carbocycles. The highest BCUT2D eigenvalue weighted by Crippen LogP contribution is 2.27. The van der Waals surface area contributed by atoms with Crippen molar-refractivity contribution in [1.29, 1.82) is 0 Å². The predicted molar refractivity (Wildman–Crippen MR) is 77.5 cm³/mol. The molecule has 4 nitrogen and oxygen atoms in total. The average molecular weight is 348 g/mol. The minimum atomic E-state index is -3.47. The first-order valence-corrected chi connectivity index (χ1v) is 8.37. The highest BCUT2D eigenvalue weighted by atomic mass is 79.9. The first-order chi connectivity index (χ1) is 8.71. The number of hydrogen-bond donors (Lipinski definition) is 0. The molecule has 0 spiro atoms. The van der Waals surface area contributed by atoms with E-state index < -0.39 is 15.6 Å². The number of halogens is 1. The van der Waals surface area contributed by atoms with Crippen molar-refractivity contribution in [2.24, 2.45) is 0 Å². The maximum Gasteiger partial charge on any atom is 0.243 e. The van der Waals surface area contributed by atoms with Gasteiger partial charge in [-0.1, -0.05) is 22.0 Å². The van der Waals surface area contributed by atoms with Crippen LogP contribution in [0.25, 0.3) is 0 Å². The molecule has 1 fully saturated rings. The second-order valence-corrected chi connectivity index (χ2v) is 8.30. The van der Waals surface area contributed by atoms with Crippen LogP contribution in [0.2, 0.25) is 0 Å². The number of nitrogens with zero attached hydrogens (tertiary/aromatic N) is 1. The van der Waals surface area contributed by atoms with Gasteiger partial charge in [-0.3, -0.25) is 0 Å². The molecule has 1 atom stereocenters. The minimum Gasteiger partial charge on any atom is -0.370 e. The van der Waals surface area contributed by atoms with Crippen molar-refractivity contribution >= 4 is 26.0 Å². The van der Waals surface area contributed by atoms with Crippen molar-refractivity contribution in [2.75, 3.05) is 13.1 Å². The van der Waals surface area contributed by atoms with Gasteiger partial charge >= 0.3 is 0 Å². The molecule has 0 radical (unpaired) electrons. The Labute approximate surface area is 122 Å². The Balaban J connectivity index is 2.34. The molecule has 1 heterocycles. The molecule has 1 aliphatic rings. The summed E-state index contributed by atoms with van der Waals surface area (Å²) in [5.41, 5.74) is -0.462. The lowest BCUT2D eigenvalue weighted by molar-refractivity contribution is -0.109. The molecule has 2 rings (SSSR count). The van der Waals surface area contributed by atoms with Gasteiger partial charge < -0.3 is 4.74 Å². The highest BCUT2D eigenvalue weighted by Gasteiger charge is 2.37. The number of hydrogen-bond acceptors (Lipinski definition) is 3. The summed E-state index contributed by atoms with van der Waals surface area (Å²) >= 11 is 3.31. The third kappa shape index (κ3) is 3.37. The van der Waals surface area contributed by atoms with Crippen LogP contribution in [0.4, 0.5) is 0 Å². The lowest BCUT2D eigenvalue weighted by Crippen LogP contribution is -2.53. The Morgan fingerprint density at radius 1 is 1.42 bits per heavy atom. The Kier molecular flexibility index (Phi) is 4.07. The molecular formula is C13H18BrNO3S. The molecule has 1 aromatic rings. The number of rotatable bonds is 2. The minimum absolute atomic E-state index is 0.106. The summed E-state index contributed by atoms with van der Waals surface area (Å²) in [6.45, 7) is 6.47. The maximum atomic E-state index is 12.6. The second-order valence-electron chi connectivity index (χ2n) is 5.44. The van der Waals surface area contributed by atoms with Gasteiger partial charge in [0.15, 0.2) is 0 Å². The first-order valence-electron chi connectivity index (χ1n) is 6.14. The van der Waals surface area contributed by atoms with Crippen LogP contribution in [-0.4, -0.2) is 37.5 Å². The normalized spacial score (nSPS) is 24.3. The second kappa shape index (κ2) is 5.16. The largest absolute Gasteiger partial charge is 0.370 e. The van der Waals surface area contributed by atoms with Gasteiger partial charge in [0.25, 0.3) is 0 Å². The van der Waals surface area contributed by atoms with Crippen molar-refractivity contribution in [1.82, 2.24) is 4.31 Å². The fourth-order valence-corrected chi connectivity index (χ4v) is 4.62. The molecule has 6 heteroatoms. The monoisotopic (exact) mass is 347 g/mol. The Hall–Kier alpha value is -0.430. The van der Waals surface area contributed by atoms with Gasteiger partial charge in [0.1, 0.15) is 0 Å². The van der Waals surface area contributed by atoms with E-state index in [4.69, 9.17) is 4.74 Å². The molecular weight excluding hydrogens is 330 g/mol. The molecule has 1 saturated heterocycles. The van der Waals surface area contributed by atoms with Crippen LogP contribution in [0.3, 0.4) is 0 Å². The molecule has 0 N–H and O–H groups in total. The van der Waals surface area contributed by atoms with Crippen LogP contribution >= 0.6 is 15.9 Å². The zero-order chi connectivity index (χ0) is 14.3. The molecule has 0 saturated carbocycles. The summed E-state index contributed by atoms with van der Waals surface area (Å²) in [7, 11) is -3.47. The quantitative estimate of drug-likeness (QED) is 0.826. The van der Waals surface area contributed by atoms with Crippen LogP contribution in [0.15, 0.2) is 33.6 Å². The van der Waals surface area contributed by atoms with Gasteiger partial charge in [-0.25, -0.2) is 8.42 Å². The van der Waals surface area contributed by atoms with Crippen molar-refractivity contribution in [2.45, 2.75) is 37.4 Å². The van der Waals surface area contributed by atoms with E-state index in [-0.39, 0.29) is 6.10 Å². The number of ether oxygens (including phenoxy) is 1. The topological polar surface area (TPSA) is 46.6 Å². The van der Waals surface area contributed by atoms with Gasteiger partial charge in [-0.15, -0.1) is 0 Å². The third-order valence-electron chi connectivity index (χ3n) is 2.97. The van der Waals surface area contributed by atoms with Gasteiger partial charge in [-0.2, -0.15) is 4.31 Å². The van der Waals surface area contributed by atoms with Crippen LogP contribution < -0.4 is 0 Å². The van der Waals surface area contributed by atoms with E-state index in [9.17, 15) is 8.42 Å². The SMILES string of the molecule is CC1CN(S(=O)(=O)c2cccc(Br)c2)CC(C)(C)O1. The zero-order valence-corrected chi connectivity index (χ0v) is 13.7. The van der Waals surface area contributed by atoms with Crippen LogP contribution in [0.5, 0.6) is 0 Å². The molecule has 1 aliphatic heterocycles. The lowest BCUT2D eigenvalue weighted by atomic mass is 10.1. The number of morpholine rings is 1. The van der Waals surface area contributed by atoms with Crippen molar-refractivity contribution in [3.8, 4) is 0 Å². The summed E-state index contributed by atoms with van der Waals surface area (Å²) in [5.74, 6) is 0. The van der Waals surface area contributed by atoms with Gasteiger partial charge in [0.05, 0.1) is 16.6 Å². The zero-order valence-electron chi connectivity index (χ0n) is 11.3. The van der Waals surface area contributed by atoms with Crippen molar-refractivity contribution < 1.29 is 13.2 Å². The Morgan fingerprint density at radius 3 is 2.68 bits per heavy atom. The van der Waals surface area contributed by atoms with Gasteiger partial charge in [0, 0.05) is 17.6 Å². The Bertz CT molecular complexity index is 571. The van der Waals surface area contributed by atoms with E-state index >= 15 is 0 Å². The standard InChI is InChI=1S/C13H18BrNO3S/c1-10-8-15(9-13(2,3)18-10)19(16,17)12-6-4-5-11(14)7-12/h4-7,10H,8-9H2,1-3H3. The van der Waals surface area contributed by atoms with E-state index in [1.807, 2.05) is 26.8 Å². The van der Waals surface area contributed by atoms with Gasteiger partial charge in [0.2, 0.25) is 10.0 Å². The predicted octanol–water partition coefficient (Wildman–Crippen LogP) is 2.64. The molecule has 0 aliphatic carbocycles. The molecule has 0 amide bonds. The summed E-state index contributed by atoms with van der Waals surface area (Å²) < 4.78 is 33.2. The molecule has 106 valence electrons. The Morgan fingerprint density at radius 2 is 2.11 bits per heavy atom. The fourth-order valence-electron chi connectivity index (χ4n) is 2.35. The summed E-state index contributed by atoms with van der Waals surface area (Å²) in [4.78, 5) is 0.312. The summed E-state index contributed by atoms with van der Waals surface area (Å²) in [6, 6.07) is 6.78. The van der Waals surface area contributed by atoms with Crippen molar-refractivity contribution in [3.63, 3.8) is 0 Å². The maximum absolute atomic E-state index is 12.6. The van der Waals surface area contributed by atoms with E-state index in [2.05, 4.69) is 15.9 Å². The lowest BCUT2D eigenvalue weighted by Gasteiger charge is -2.40. The third-order valence-corrected chi connectivity index (χ3v) is 5.27. The first kappa shape index (κ1) is 15.0. The molecule has 0 bridgehead atoms. The summed E-state index contributed by atoms with van der Waals surface area (Å²) in [6.07, 6.45) is -0.106.